The van der Waals surface area contributed by atoms with Crippen LogP contribution in [0.15, 0.2) is 5.16 Å². The van der Waals surface area contributed by atoms with Crippen LogP contribution in [-0.2, 0) is 28.1 Å². The monoisotopic (exact) mass is 385 g/mol. The number of nitrogens with zero attached hydrogens (tertiary/aromatic N) is 5. The molecule has 1 saturated heterocycles. The van der Waals surface area contributed by atoms with E-state index in [1.165, 1.54) is 11.8 Å². The highest BCUT2D eigenvalue weighted by Crippen LogP contribution is 2.26. The van der Waals surface area contributed by atoms with Gasteiger partial charge in [0.15, 0.2) is 15.0 Å². The second-order valence-electron chi connectivity index (χ2n) is 6.36. The van der Waals surface area contributed by atoms with Gasteiger partial charge in [-0.1, -0.05) is 11.8 Å². The molecule has 0 unspecified atom stereocenters. The van der Waals surface area contributed by atoms with Gasteiger partial charge in [0.25, 0.3) is 0 Å². The predicted molar refractivity (Wildman–Crippen MR) is 94.7 cm³/mol. The third-order valence-electron chi connectivity index (χ3n) is 4.29. The molecule has 1 aromatic rings. The summed E-state index contributed by atoms with van der Waals surface area (Å²) < 4.78 is 25.0. The summed E-state index contributed by atoms with van der Waals surface area (Å²) in [5.74, 6) is 1.22. The van der Waals surface area contributed by atoms with E-state index in [4.69, 9.17) is 5.26 Å². The highest BCUT2D eigenvalue weighted by molar-refractivity contribution is 8.00. The molecule has 2 atom stereocenters. The highest BCUT2D eigenvalue weighted by atomic mass is 32.2. The smallest absolute Gasteiger partial charge is 0.235 e. The molecule has 0 N–H and O–H groups in total. The summed E-state index contributed by atoms with van der Waals surface area (Å²) in [6.07, 6.45) is 1.54. The molecule has 1 fully saturated rings. The molecule has 0 radical (unpaired) electrons. The van der Waals surface area contributed by atoms with E-state index in [2.05, 4.69) is 10.2 Å². The van der Waals surface area contributed by atoms with E-state index in [0.717, 1.165) is 5.82 Å². The molecule has 2 heterocycles. The maximum atomic E-state index is 12.3. The minimum absolute atomic E-state index is 0.0633. The molecule has 1 aliphatic rings. The van der Waals surface area contributed by atoms with Gasteiger partial charge in [0.05, 0.1) is 29.2 Å². The maximum Gasteiger partial charge on any atom is 0.235 e. The average molecular weight is 386 g/mol. The van der Waals surface area contributed by atoms with Gasteiger partial charge < -0.3 is 9.47 Å². The van der Waals surface area contributed by atoms with Gasteiger partial charge in [-0.05, 0) is 19.3 Å². The lowest BCUT2D eigenvalue weighted by Gasteiger charge is -2.19. The van der Waals surface area contributed by atoms with Crippen molar-refractivity contribution < 1.29 is 13.2 Å². The van der Waals surface area contributed by atoms with Crippen LogP contribution >= 0.6 is 11.8 Å². The first-order chi connectivity index (χ1) is 11.7. The van der Waals surface area contributed by atoms with Crippen molar-refractivity contribution in [3.05, 3.63) is 5.82 Å². The van der Waals surface area contributed by atoms with Gasteiger partial charge in [0.2, 0.25) is 5.91 Å². The van der Waals surface area contributed by atoms with Crippen LogP contribution in [-0.4, -0.2) is 64.3 Å². The van der Waals surface area contributed by atoms with Crippen molar-refractivity contribution in [2.45, 2.75) is 36.6 Å². The molecule has 138 valence electrons. The second kappa shape index (κ2) is 8.19. The molecule has 0 spiro atoms. The zero-order valence-electron chi connectivity index (χ0n) is 14.7. The number of hydrogen-bond acceptors (Lipinski definition) is 7. The van der Waals surface area contributed by atoms with E-state index in [-0.39, 0.29) is 28.6 Å². The van der Waals surface area contributed by atoms with Gasteiger partial charge in [-0.25, -0.2) is 8.42 Å². The van der Waals surface area contributed by atoms with Crippen LogP contribution in [0, 0.1) is 17.2 Å². The lowest BCUT2D eigenvalue weighted by atomic mass is 10.1. The minimum Gasteiger partial charge on any atom is -0.344 e. The Labute approximate surface area is 152 Å². The fourth-order valence-electron chi connectivity index (χ4n) is 2.76. The lowest BCUT2D eigenvalue weighted by molar-refractivity contribution is -0.128. The Morgan fingerprint density at radius 1 is 1.52 bits per heavy atom. The third kappa shape index (κ3) is 5.19. The lowest BCUT2D eigenvalue weighted by Crippen LogP contribution is -2.34. The van der Waals surface area contributed by atoms with Crippen molar-refractivity contribution in [1.29, 1.82) is 5.26 Å². The van der Waals surface area contributed by atoms with Crippen LogP contribution in [0.25, 0.3) is 0 Å². The van der Waals surface area contributed by atoms with Crippen molar-refractivity contribution >= 4 is 27.5 Å². The van der Waals surface area contributed by atoms with Crippen LogP contribution in [0.4, 0.5) is 0 Å². The first kappa shape index (κ1) is 19.7. The van der Waals surface area contributed by atoms with E-state index in [0.29, 0.717) is 31.0 Å². The number of carbonyl (C=O) groups is 1. The minimum atomic E-state index is -2.90. The summed E-state index contributed by atoms with van der Waals surface area (Å²) in [4.78, 5) is 13.8. The summed E-state index contributed by atoms with van der Waals surface area (Å²) in [5, 5.41) is 17.2. The number of rotatable bonds is 7. The molecule has 0 aliphatic carbocycles. The molecule has 1 aliphatic heterocycles. The first-order valence-corrected chi connectivity index (χ1v) is 10.8. The summed E-state index contributed by atoms with van der Waals surface area (Å²) in [5.41, 5.74) is 0. The zero-order chi connectivity index (χ0) is 18.6. The molecule has 8 nitrogen and oxygen atoms in total. The zero-order valence-corrected chi connectivity index (χ0v) is 16.3. The Morgan fingerprint density at radius 3 is 2.84 bits per heavy atom. The Hall–Kier alpha value is -1.60. The number of amides is 1. The number of sulfone groups is 1. The molecule has 0 aromatic carbocycles. The van der Waals surface area contributed by atoms with Crippen molar-refractivity contribution in [2.24, 2.45) is 13.0 Å². The van der Waals surface area contributed by atoms with Crippen LogP contribution in [0.2, 0.25) is 0 Å². The molecule has 1 aromatic heterocycles. The quantitative estimate of drug-likeness (QED) is 0.634. The topological polar surface area (TPSA) is 109 Å². The van der Waals surface area contributed by atoms with Gasteiger partial charge in [-0.3, -0.25) is 4.79 Å². The molecular weight excluding hydrogens is 362 g/mol. The molecule has 2 rings (SSSR count). The van der Waals surface area contributed by atoms with Crippen LogP contribution in [0.3, 0.4) is 0 Å². The van der Waals surface area contributed by atoms with Gasteiger partial charge in [0, 0.05) is 27.1 Å². The number of hydrogen-bond donors (Lipinski definition) is 0. The fourth-order valence-corrected chi connectivity index (χ4v) is 5.57. The van der Waals surface area contributed by atoms with Crippen molar-refractivity contribution in [1.82, 2.24) is 19.7 Å². The van der Waals surface area contributed by atoms with Gasteiger partial charge in [0.1, 0.15) is 5.82 Å². The average Bonchev–Trinajstić information content (AvgIpc) is 3.08. The van der Waals surface area contributed by atoms with Crippen molar-refractivity contribution in [3.63, 3.8) is 0 Å². The first-order valence-electron chi connectivity index (χ1n) is 8.10. The van der Waals surface area contributed by atoms with Gasteiger partial charge in [-0.2, -0.15) is 5.26 Å². The summed E-state index contributed by atoms with van der Waals surface area (Å²) in [6.45, 7) is 2.20. The summed E-state index contributed by atoms with van der Waals surface area (Å²) in [6, 6.07) is 2.02. The Kier molecular flexibility index (Phi) is 6.46. The highest BCUT2D eigenvalue weighted by Gasteiger charge is 2.29. The van der Waals surface area contributed by atoms with E-state index in [9.17, 15) is 13.2 Å². The molecular formula is C15H23N5O3S2. The van der Waals surface area contributed by atoms with Gasteiger partial charge in [-0.15, -0.1) is 10.2 Å². The summed E-state index contributed by atoms with van der Waals surface area (Å²) >= 11 is 1.32. The van der Waals surface area contributed by atoms with E-state index in [1.807, 2.05) is 17.7 Å². The van der Waals surface area contributed by atoms with Crippen molar-refractivity contribution in [2.75, 3.05) is 25.1 Å². The predicted octanol–water partition coefficient (Wildman–Crippen LogP) is 0.645. The molecule has 0 bridgehead atoms. The standard InChI is InChI=1S/C15H23N5O3S2/c1-11(14(21)19(2)7-4-6-16)24-15-18-17-13(20(15)3)9-12-5-8-25(22,23)10-12/h11-12H,4-5,7-10H2,1-3H3/t11-,12-/m1/s1. The molecule has 10 heteroatoms. The van der Waals surface area contributed by atoms with E-state index < -0.39 is 9.84 Å². The molecule has 1 amide bonds. The number of thioether (sulfide) groups is 1. The molecule has 25 heavy (non-hydrogen) atoms. The number of nitriles is 1. The second-order valence-corrected chi connectivity index (χ2v) is 9.90. The van der Waals surface area contributed by atoms with Crippen LogP contribution < -0.4 is 0 Å². The summed E-state index contributed by atoms with van der Waals surface area (Å²) in [7, 11) is 0.606. The van der Waals surface area contributed by atoms with Crippen LogP contribution in [0.1, 0.15) is 25.6 Å². The largest absolute Gasteiger partial charge is 0.344 e. The number of aromatic nitrogens is 3. The Bertz CT molecular complexity index is 769. The van der Waals surface area contributed by atoms with E-state index >= 15 is 0 Å². The van der Waals surface area contributed by atoms with Crippen molar-refractivity contribution in [3.8, 4) is 6.07 Å². The van der Waals surface area contributed by atoms with Gasteiger partial charge >= 0.3 is 0 Å². The Balaban J connectivity index is 1.96. The SMILES string of the molecule is C[C@@H](Sc1nnc(C[C@H]2CCS(=O)(=O)C2)n1C)C(=O)N(C)CCC#N. The van der Waals surface area contributed by atoms with Crippen LogP contribution in [0.5, 0.6) is 0 Å². The molecule has 0 saturated carbocycles. The third-order valence-corrected chi connectivity index (χ3v) is 7.25. The Morgan fingerprint density at radius 2 is 2.24 bits per heavy atom. The fraction of sp³-hybridized carbons (Fsp3) is 0.733. The number of carbonyl (C=O) groups excluding carboxylic acids is 1. The normalized spacial score (nSPS) is 20.2. The maximum absolute atomic E-state index is 12.3. The van der Waals surface area contributed by atoms with E-state index in [1.54, 1.807) is 18.9 Å².